The molecule has 0 bridgehead atoms. The molecule has 0 saturated heterocycles. The zero-order valence-corrected chi connectivity index (χ0v) is 11.1. The number of nitrogens with zero attached hydrogens (tertiary/aromatic N) is 1. The maximum Gasteiger partial charge on any atom is 0.270 e. The molecule has 0 fully saturated rings. The van der Waals surface area contributed by atoms with E-state index < -0.39 is 0 Å². The van der Waals surface area contributed by atoms with E-state index in [1.807, 2.05) is 30.3 Å². The van der Waals surface area contributed by atoms with Gasteiger partial charge in [-0.25, -0.2) is 0 Å². The second kappa shape index (κ2) is 6.29. The van der Waals surface area contributed by atoms with Crippen LogP contribution in [-0.2, 0) is 0 Å². The molecular weight excluding hydrogens is 238 g/mol. The molecule has 2 rings (SSSR count). The van der Waals surface area contributed by atoms with Gasteiger partial charge in [-0.1, -0.05) is 31.2 Å². The fourth-order valence-corrected chi connectivity index (χ4v) is 2.04. The first-order valence-corrected chi connectivity index (χ1v) is 6.54. The monoisotopic (exact) mass is 257 g/mol. The van der Waals surface area contributed by atoms with Crippen LogP contribution in [0.15, 0.2) is 36.5 Å². The molecule has 0 aliphatic heterocycles. The summed E-state index contributed by atoms with van der Waals surface area (Å²) in [4.78, 5) is 16.4. The average Bonchev–Trinajstić information content (AvgIpc) is 2.44. The molecule has 1 heterocycles. The predicted octanol–water partition coefficient (Wildman–Crippen LogP) is 1.95. The molecule has 1 amide bonds. The van der Waals surface area contributed by atoms with Crippen molar-refractivity contribution in [1.82, 2.24) is 10.3 Å². The van der Waals surface area contributed by atoms with E-state index in [1.54, 1.807) is 6.20 Å². The summed E-state index contributed by atoms with van der Waals surface area (Å²) in [5.74, 6) is 0.254. The average molecular weight is 257 g/mol. The Morgan fingerprint density at radius 1 is 1.37 bits per heavy atom. The van der Waals surface area contributed by atoms with Crippen molar-refractivity contribution < 1.29 is 4.79 Å². The normalized spacial score (nSPS) is 12.3. The summed E-state index contributed by atoms with van der Waals surface area (Å²) in [6, 6.07) is 9.67. The van der Waals surface area contributed by atoms with E-state index in [0.717, 1.165) is 17.2 Å². The third-order valence-electron chi connectivity index (χ3n) is 3.16. The van der Waals surface area contributed by atoms with Gasteiger partial charge in [0.2, 0.25) is 0 Å². The van der Waals surface area contributed by atoms with Crippen LogP contribution in [0.4, 0.5) is 0 Å². The highest BCUT2D eigenvalue weighted by Crippen LogP contribution is 2.16. The van der Waals surface area contributed by atoms with Crippen molar-refractivity contribution in [3.63, 3.8) is 0 Å². The number of pyridine rings is 1. The first kappa shape index (κ1) is 13.5. The van der Waals surface area contributed by atoms with Crippen LogP contribution >= 0.6 is 0 Å². The van der Waals surface area contributed by atoms with Gasteiger partial charge in [-0.2, -0.15) is 0 Å². The van der Waals surface area contributed by atoms with Crippen LogP contribution in [0, 0.1) is 5.92 Å². The minimum atomic E-state index is -0.124. The Morgan fingerprint density at radius 3 is 2.95 bits per heavy atom. The van der Waals surface area contributed by atoms with Gasteiger partial charge in [0.15, 0.2) is 0 Å². The summed E-state index contributed by atoms with van der Waals surface area (Å²) < 4.78 is 0. The number of amides is 1. The number of carbonyl (C=O) groups excluding carboxylic acids is 1. The number of carbonyl (C=O) groups is 1. The van der Waals surface area contributed by atoms with E-state index in [2.05, 4.69) is 17.2 Å². The molecule has 0 aliphatic carbocycles. The quantitative estimate of drug-likeness (QED) is 0.860. The standard InChI is InChI=1S/C15H19N3O/c1-11(6-8-16)10-18-15(19)14-13-5-3-2-4-12(13)7-9-17-14/h2-5,7,9,11H,6,8,10,16H2,1H3,(H,18,19). The summed E-state index contributed by atoms with van der Waals surface area (Å²) in [6.45, 7) is 3.34. The van der Waals surface area contributed by atoms with E-state index in [4.69, 9.17) is 5.73 Å². The third kappa shape index (κ3) is 3.29. The number of hydrogen-bond acceptors (Lipinski definition) is 3. The second-order valence-electron chi connectivity index (χ2n) is 4.77. The van der Waals surface area contributed by atoms with Gasteiger partial charge in [-0.3, -0.25) is 9.78 Å². The van der Waals surface area contributed by atoms with Crippen molar-refractivity contribution in [3.05, 3.63) is 42.2 Å². The van der Waals surface area contributed by atoms with Crippen molar-refractivity contribution in [1.29, 1.82) is 0 Å². The molecule has 0 radical (unpaired) electrons. The molecule has 19 heavy (non-hydrogen) atoms. The van der Waals surface area contributed by atoms with Crippen molar-refractivity contribution in [2.24, 2.45) is 11.7 Å². The third-order valence-corrected chi connectivity index (χ3v) is 3.16. The van der Waals surface area contributed by atoms with Gasteiger partial charge in [-0.05, 0) is 30.3 Å². The van der Waals surface area contributed by atoms with Gasteiger partial charge in [0, 0.05) is 18.1 Å². The van der Waals surface area contributed by atoms with E-state index in [0.29, 0.717) is 24.7 Å². The lowest BCUT2D eigenvalue weighted by molar-refractivity contribution is 0.0944. The highest BCUT2D eigenvalue weighted by molar-refractivity contribution is 6.05. The maximum absolute atomic E-state index is 12.2. The molecule has 4 nitrogen and oxygen atoms in total. The van der Waals surface area contributed by atoms with Gasteiger partial charge in [0.05, 0.1) is 0 Å². The molecule has 100 valence electrons. The van der Waals surface area contributed by atoms with Gasteiger partial charge in [0.25, 0.3) is 5.91 Å². The molecule has 1 unspecified atom stereocenters. The number of hydrogen-bond donors (Lipinski definition) is 2. The first-order valence-electron chi connectivity index (χ1n) is 6.54. The lowest BCUT2D eigenvalue weighted by Gasteiger charge is -2.11. The molecule has 0 spiro atoms. The summed E-state index contributed by atoms with van der Waals surface area (Å²) in [5, 5.41) is 4.83. The fourth-order valence-electron chi connectivity index (χ4n) is 2.04. The van der Waals surface area contributed by atoms with E-state index in [1.165, 1.54) is 0 Å². The summed E-state index contributed by atoms with van der Waals surface area (Å²) >= 11 is 0. The van der Waals surface area contributed by atoms with Crippen LogP contribution in [0.5, 0.6) is 0 Å². The number of nitrogens with two attached hydrogens (primary N) is 1. The Morgan fingerprint density at radius 2 is 2.16 bits per heavy atom. The second-order valence-corrected chi connectivity index (χ2v) is 4.77. The molecule has 4 heteroatoms. The van der Waals surface area contributed by atoms with Gasteiger partial charge in [-0.15, -0.1) is 0 Å². The fraction of sp³-hybridized carbons (Fsp3) is 0.333. The first-order chi connectivity index (χ1) is 9.22. The summed E-state index contributed by atoms with van der Waals surface area (Å²) in [7, 11) is 0. The zero-order valence-electron chi connectivity index (χ0n) is 11.1. The van der Waals surface area contributed by atoms with Crippen LogP contribution in [0.1, 0.15) is 23.8 Å². The Kier molecular flexibility index (Phi) is 4.47. The van der Waals surface area contributed by atoms with Crippen LogP contribution in [0.3, 0.4) is 0 Å². The highest BCUT2D eigenvalue weighted by atomic mass is 16.1. The minimum Gasteiger partial charge on any atom is -0.350 e. The smallest absolute Gasteiger partial charge is 0.270 e. The van der Waals surface area contributed by atoms with Crippen LogP contribution in [0.2, 0.25) is 0 Å². The Labute approximate surface area is 113 Å². The SMILES string of the molecule is CC(CCN)CNC(=O)c1nccc2ccccc12. The molecule has 0 aliphatic rings. The largest absolute Gasteiger partial charge is 0.350 e. The molecule has 1 aromatic carbocycles. The predicted molar refractivity (Wildman–Crippen MR) is 76.9 cm³/mol. The van der Waals surface area contributed by atoms with E-state index in [-0.39, 0.29) is 5.91 Å². The summed E-state index contributed by atoms with van der Waals surface area (Å²) in [6.07, 6.45) is 2.57. The molecule has 2 aromatic rings. The van der Waals surface area contributed by atoms with Gasteiger partial charge >= 0.3 is 0 Å². The van der Waals surface area contributed by atoms with E-state index >= 15 is 0 Å². The lowest BCUT2D eigenvalue weighted by atomic mass is 10.1. The number of benzene rings is 1. The van der Waals surface area contributed by atoms with Crippen molar-refractivity contribution in [2.75, 3.05) is 13.1 Å². The number of rotatable bonds is 5. The Bertz CT molecular complexity index is 563. The van der Waals surface area contributed by atoms with Crippen molar-refractivity contribution in [3.8, 4) is 0 Å². The molecule has 0 saturated carbocycles. The zero-order chi connectivity index (χ0) is 13.7. The Hall–Kier alpha value is -1.94. The highest BCUT2D eigenvalue weighted by Gasteiger charge is 2.12. The molecular formula is C15H19N3O. The molecule has 1 atom stereocenters. The molecule has 3 N–H and O–H groups in total. The van der Waals surface area contributed by atoms with Crippen molar-refractivity contribution >= 4 is 16.7 Å². The van der Waals surface area contributed by atoms with Gasteiger partial charge < -0.3 is 11.1 Å². The Balaban J connectivity index is 2.13. The lowest BCUT2D eigenvalue weighted by Crippen LogP contribution is -2.29. The van der Waals surface area contributed by atoms with Crippen LogP contribution in [0.25, 0.3) is 10.8 Å². The minimum absolute atomic E-state index is 0.124. The topological polar surface area (TPSA) is 68.0 Å². The maximum atomic E-state index is 12.2. The van der Waals surface area contributed by atoms with Crippen molar-refractivity contribution in [2.45, 2.75) is 13.3 Å². The number of nitrogens with one attached hydrogen (secondary N) is 1. The molecule has 1 aromatic heterocycles. The van der Waals surface area contributed by atoms with E-state index in [9.17, 15) is 4.79 Å². The summed E-state index contributed by atoms with van der Waals surface area (Å²) in [5.41, 5.74) is 5.98. The van der Waals surface area contributed by atoms with Crippen LogP contribution < -0.4 is 11.1 Å². The van der Waals surface area contributed by atoms with Crippen LogP contribution in [-0.4, -0.2) is 24.0 Å². The number of aromatic nitrogens is 1. The van der Waals surface area contributed by atoms with Gasteiger partial charge in [0.1, 0.15) is 5.69 Å². The number of fused-ring (bicyclic) bond motifs is 1.